The van der Waals surface area contributed by atoms with Gasteiger partial charge in [-0.2, -0.15) is 0 Å². The number of benzene rings is 2. The third-order valence-corrected chi connectivity index (χ3v) is 7.57. The predicted molar refractivity (Wildman–Crippen MR) is 143 cm³/mol. The van der Waals surface area contributed by atoms with E-state index < -0.39 is 0 Å². The number of hydrogen-bond donors (Lipinski definition) is 1. The van der Waals surface area contributed by atoms with Crippen molar-refractivity contribution >= 4 is 28.3 Å². The van der Waals surface area contributed by atoms with E-state index in [1.807, 2.05) is 49.4 Å². The zero-order valence-corrected chi connectivity index (χ0v) is 21.8. The van der Waals surface area contributed by atoms with E-state index in [-0.39, 0.29) is 18.0 Å². The number of amides is 2. The number of rotatable bonds is 8. The van der Waals surface area contributed by atoms with Gasteiger partial charge in [0.15, 0.2) is 0 Å². The standard InChI is InChI=1S/C28H33N3O4S/c1-4-23-19-24(27(36-23)29-26(32)21-9-7-6-8-10-21)25(20-11-13-22(34-3)14-12-20)30-15-17-31(18-16-30)28(33)35-5-2/h6-14,19,25H,4-5,15-18H2,1-3H3,(H,29,32)/t25-/m1/s1. The number of nitrogens with one attached hydrogen (secondary N) is 1. The van der Waals surface area contributed by atoms with Crippen LogP contribution in [0.4, 0.5) is 9.80 Å². The van der Waals surface area contributed by atoms with Gasteiger partial charge in [-0.3, -0.25) is 9.69 Å². The molecule has 2 aromatic carbocycles. The SMILES string of the molecule is CCOC(=O)N1CCN([C@H](c2ccc(OC)cc2)c2cc(CC)sc2NC(=O)c2ccccc2)CC1. The molecule has 1 N–H and O–H groups in total. The minimum absolute atomic E-state index is 0.0807. The van der Waals surface area contributed by atoms with Crippen LogP contribution >= 0.6 is 11.3 Å². The molecule has 2 amide bonds. The van der Waals surface area contributed by atoms with Crippen LogP contribution in [0.5, 0.6) is 5.75 Å². The molecule has 2 heterocycles. The lowest BCUT2D eigenvalue weighted by Crippen LogP contribution is -2.50. The first kappa shape index (κ1) is 25.7. The van der Waals surface area contributed by atoms with Gasteiger partial charge < -0.3 is 19.7 Å². The van der Waals surface area contributed by atoms with Crippen molar-refractivity contribution < 1.29 is 19.1 Å². The van der Waals surface area contributed by atoms with Gasteiger partial charge in [0.2, 0.25) is 0 Å². The first-order valence-corrected chi connectivity index (χ1v) is 13.1. The fourth-order valence-corrected chi connectivity index (χ4v) is 5.47. The summed E-state index contributed by atoms with van der Waals surface area (Å²) in [5.41, 5.74) is 2.80. The zero-order chi connectivity index (χ0) is 25.5. The third kappa shape index (κ3) is 5.88. The summed E-state index contributed by atoms with van der Waals surface area (Å²) in [6.45, 7) is 6.87. The number of anilines is 1. The molecule has 1 aromatic heterocycles. The first-order valence-electron chi connectivity index (χ1n) is 12.3. The van der Waals surface area contributed by atoms with Crippen LogP contribution < -0.4 is 10.1 Å². The molecule has 1 aliphatic rings. The molecule has 1 saturated heterocycles. The first-order chi connectivity index (χ1) is 17.5. The van der Waals surface area contributed by atoms with Crippen LogP contribution in [-0.4, -0.2) is 61.7 Å². The van der Waals surface area contributed by atoms with Gasteiger partial charge in [-0.05, 0) is 49.2 Å². The van der Waals surface area contributed by atoms with E-state index in [1.54, 1.807) is 23.3 Å². The Bertz CT molecular complexity index is 1160. The average Bonchev–Trinajstić information content (AvgIpc) is 3.32. The van der Waals surface area contributed by atoms with Crippen molar-refractivity contribution in [3.63, 3.8) is 0 Å². The van der Waals surface area contributed by atoms with E-state index in [0.717, 1.165) is 28.3 Å². The highest BCUT2D eigenvalue weighted by atomic mass is 32.1. The summed E-state index contributed by atoms with van der Waals surface area (Å²) in [7, 11) is 1.66. The Kier molecular flexibility index (Phi) is 8.61. The molecule has 4 rings (SSSR count). The number of hydrogen-bond acceptors (Lipinski definition) is 6. The van der Waals surface area contributed by atoms with Crippen LogP contribution in [0.15, 0.2) is 60.7 Å². The van der Waals surface area contributed by atoms with Crippen molar-refractivity contribution in [1.82, 2.24) is 9.80 Å². The number of piperazine rings is 1. The van der Waals surface area contributed by atoms with Crippen molar-refractivity contribution in [3.8, 4) is 5.75 Å². The van der Waals surface area contributed by atoms with Gasteiger partial charge >= 0.3 is 6.09 Å². The van der Waals surface area contributed by atoms with Gasteiger partial charge in [-0.1, -0.05) is 37.3 Å². The molecule has 7 nitrogen and oxygen atoms in total. The fourth-order valence-electron chi connectivity index (χ4n) is 4.45. The number of aryl methyl sites for hydroxylation is 1. The molecule has 1 aliphatic heterocycles. The molecule has 1 fully saturated rings. The van der Waals surface area contributed by atoms with Crippen molar-refractivity contribution in [3.05, 3.63) is 82.2 Å². The van der Waals surface area contributed by atoms with E-state index in [1.165, 1.54) is 4.88 Å². The van der Waals surface area contributed by atoms with Gasteiger partial charge in [0.25, 0.3) is 5.91 Å². The van der Waals surface area contributed by atoms with E-state index in [4.69, 9.17) is 9.47 Å². The van der Waals surface area contributed by atoms with Crippen LogP contribution in [-0.2, 0) is 11.2 Å². The smallest absolute Gasteiger partial charge is 0.409 e. The second-order valence-corrected chi connectivity index (χ2v) is 9.71. The van der Waals surface area contributed by atoms with Crippen molar-refractivity contribution in [2.24, 2.45) is 0 Å². The lowest BCUT2D eigenvalue weighted by molar-refractivity contribution is 0.0715. The van der Waals surface area contributed by atoms with Gasteiger partial charge in [0.05, 0.1) is 19.8 Å². The number of carbonyl (C=O) groups is 2. The third-order valence-electron chi connectivity index (χ3n) is 6.35. The lowest BCUT2D eigenvalue weighted by atomic mass is 9.97. The molecule has 0 radical (unpaired) electrons. The highest BCUT2D eigenvalue weighted by molar-refractivity contribution is 7.16. The fraction of sp³-hybridized carbons (Fsp3) is 0.357. The summed E-state index contributed by atoms with van der Waals surface area (Å²) in [6, 6.07) is 19.5. The molecule has 0 spiro atoms. The average molecular weight is 508 g/mol. The zero-order valence-electron chi connectivity index (χ0n) is 21.0. The van der Waals surface area contributed by atoms with Gasteiger partial charge in [0.1, 0.15) is 10.8 Å². The van der Waals surface area contributed by atoms with Crippen LogP contribution in [0.25, 0.3) is 0 Å². The number of carbonyl (C=O) groups excluding carboxylic acids is 2. The molecule has 3 aromatic rings. The van der Waals surface area contributed by atoms with Crippen molar-refractivity contribution in [2.45, 2.75) is 26.3 Å². The normalized spacial score (nSPS) is 14.8. The van der Waals surface area contributed by atoms with Gasteiger partial charge in [0, 0.05) is 42.2 Å². The lowest BCUT2D eigenvalue weighted by Gasteiger charge is -2.39. The van der Waals surface area contributed by atoms with Crippen molar-refractivity contribution in [1.29, 1.82) is 0 Å². The summed E-state index contributed by atoms with van der Waals surface area (Å²) >= 11 is 1.62. The Hall–Kier alpha value is -3.36. The van der Waals surface area contributed by atoms with Crippen LogP contribution in [0.2, 0.25) is 0 Å². The maximum Gasteiger partial charge on any atom is 0.409 e. The molecule has 1 atom stereocenters. The van der Waals surface area contributed by atoms with E-state index in [2.05, 4.69) is 35.3 Å². The van der Waals surface area contributed by atoms with Crippen molar-refractivity contribution in [2.75, 3.05) is 45.2 Å². The Morgan fingerprint density at radius 2 is 1.69 bits per heavy atom. The number of nitrogens with zero attached hydrogens (tertiary/aromatic N) is 2. The molecule has 36 heavy (non-hydrogen) atoms. The highest BCUT2D eigenvalue weighted by Gasteiger charge is 2.31. The minimum Gasteiger partial charge on any atom is -0.497 e. The van der Waals surface area contributed by atoms with E-state index >= 15 is 0 Å². The maximum absolute atomic E-state index is 13.1. The summed E-state index contributed by atoms with van der Waals surface area (Å²) < 4.78 is 10.6. The topological polar surface area (TPSA) is 71.1 Å². The second kappa shape index (κ2) is 12.1. The van der Waals surface area contributed by atoms with Crippen LogP contribution in [0.1, 0.15) is 46.3 Å². The number of ether oxygens (including phenoxy) is 2. The molecule has 0 aliphatic carbocycles. The van der Waals surface area contributed by atoms with Gasteiger partial charge in [-0.25, -0.2) is 4.79 Å². The number of methoxy groups -OCH3 is 1. The maximum atomic E-state index is 13.1. The molecule has 0 unspecified atom stereocenters. The molecule has 190 valence electrons. The van der Waals surface area contributed by atoms with Gasteiger partial charge in [-0.15, -0.1) is 11.3 Å². The Morgan fingerprint density at radius 1 is 1.00 bits per heavy atom. The summed E-state index contributed by atoms with van der Waals surface area (Å²) in [5.74, 6) is 0.670. The van der Waals surface area contributed by atoms with E-state index in [9.17, 15) is 9.59 Å². The predicted octanol–water partition coefficient (Wildman–Crippen LogP) is 5.43. The molecule has 0 bridgehead atoms. The summed E-state index contributed by atoms with van der Waals surface area (Å²) in [6.07, 6.45) is 0.614. The summed E-state index contributed by atoms with van der Waals surface area (Å²) in [4.78, 5) is 30.7. The largest absolute Gasteiger partial charge is 0.497 e. The Morgan fingerprint density at radius 3 is 2.31 bits per heavy atom. The summed E-state index contributed by atoms with van der Waals surface area (Å²) in [5, 5.41) is 4.04. The number of thiophene rings is 1. The molecular formula is C28H33N3O4S. The monoisotopic (exact) mass is 507 g/mol. The Balaban J connectivity index is 1.67. The molecule has 8 heteroatoms. The van der Waals surface area contributed by atoms with Crippen LogP contribution in [0, 0.1) is 0 Å². The molecular weight excluding hydrogens is 474 g/mol. The van der Waals surface area contributed by atoms with Crippen LogP contribution in [0.3, 0.4) is 0 Å². The quantitative estimate of drug-likeness (QED) is 0.440. The second-order valence-electron chi connectivity index (χ2n) is 8.57. The Labute approximate surface area is 216 Å². The molecule has 0 saturated carbocycles. The highest BCUT2D eigenvalue weighted by Crippen LogP contribution is 2.40. The minimum atomic E-state index is -0.266. The van der Waals surface area contributed by atoms with E-state index in [0.29, 0.717) is 38.3 Å².